The summed E-state index contributed by atoms with van der Waals surface area (Å²) in [4.78, 5) is 0.0737. The summed E-state index contributed by atoms with van der Waals surface area (Å²) >= 11 is 0. The van der Waals surface area contributed by atoms with Crippen molar-refractivity contribution in [3.63, 3.8) is 0 Å². The van der Waals surface area contributed by atoms with E-state index in [-0.39, 0.29) is 9.79 Å². The van der Waals surface area contributed by atoms with Crippen LogP contribution in [0, 0.1) is 11.8 Å². The summed E-state index contributed by atoms with van der Waals surface area (Å²) in [6.07, 6.45) is 8.18. The molecule has 0 unspecified atom stereocenters. The highest BCUT2D eigenvalue weighted by atomic mass is 32.2. The molecule has 7 heteroatoms. The lowest BCUT2D eigenvalue weighted by molar-refractivity contribution is 0.278. The highest BCUT2D eigenvalue weighted by molar-refractivity contribution is 7.91. The van der Waals surface area contributed by atoms with E-state index in [2.05, 4.69) is 12.2 Å². The van der Waals surface area contributed by atoms with E-state index < -0.39 is 19.7 Å². The lowest BCUT2D eigenvalue weighted by atomic mass is 9.81. The minimum Gasteiger partial charge on any atom is -0.384 e. The van der Waals surface area contributed by atoms with Gasteiger partial charge in [0.25, 0.3) is 0 Å². The monoisotopic (exact) mass is 373 g/mol. The molecule has 0 aromatic heterocycles. The molecule has 1 aromatic carbocycles. The number of hydrogen-bond donors (Lipinski definition) is 1. The topological polar surface area (TPSA) is 80.3 Å². The molecule has 1 saturated carbocycles. The van der Waals surface area contributed by atoms with Gasteiger partial charge in [0.2, 0.25) is 0 Å². The molecule has 2 rings (SSSR count). The van der Waals surface area contributed by atoms with E-state index in [1.165, 1.54) is 31.4 Å². The average molecular weight is 374 g/mol. The van der Waals surface area contributed by atoms with Crippen molar-refractivity contribution in [2.24, 2.45) is 11.8 Å². The number of sulfone groups is 2. The van der Waals surface area contributed by atoms with Crippen LogP contribution in [0.2, 0.25) is 0 Å². The van der Waals surface area contributed by atoms with Gasteiger partial charge in [0.15, 0.2) is 19.7 Å². The number of anilines is 1. The van der Waals surface area contributed by atoms with Crippen LogP contribution in [-0.4, -0.2) is 35.9 Å². The molecule has 1 fully saturated rings. The van der Waals surface area contributed by atoms with Crippen LogP contribution in [-0.2, 0) is 19.7 Å². The smallest absolute Gasteiger partial charge is 0.177 e. The van der Waals surface area contributed by atoms with E-state index in [1.54, 1.807) is 6.07 Å². The van der Waals surface area contributed by atoms with E-state index >= 15 is 0 Å². The van der Waals surface area contributed by atoms with E-state index in [0.29, 0.717) is 11.6 Å². The second-order valence-electron chi connectivity index (χ2n) is 6.88. The number of hydrogen-bond acceptors (Lipinski definition) is 5. The van der Waals surface area contributed by atoms with Gasteiger partial charge in [-0.1, -0.05) is 26.2 Å². The van der Waals surface area contributed by atoms with Crippen LogP contribution >= 0.6 is 0 Å². The Labute approximate surface area is 145 Å². The fourth-order valence-electron chi connectivity index (χ4n) is 3.28. The van der Waals surface area contributed by atoms with Gasteiger partial charge in [0.05, 0.1) is 15.5 Å². The van der Waals surface area contributed by atoms with Gasteiger partial charge in [-0.25, -0.2) is 16.8 Å². The van der Waals surface area contributed by atoms with Crippen molar-refractivity contribution in [2.75, 3.05) is 24.4 Å². The summed E-state index contributed by atoms with van der Waals surface area (Å²) in [6, 6.07) is 4.27. The Hall–Kier alpha value is -1.08. The molecule has 24 heavy (non-hydrogen) atoms. The van der Waals surface area contributed by atoms with Gasteiger partial charge in [0.1, 0.15) is 0 Å². The van der Waals surface area contributed by atoms with Gasteiger partial charge in [-0.05, 0) is 42.9 Å². The van der Waals surface area contributed by atoms with Gasteiger partial charge in [-0.2, -0.15) is 0 Å². The van der Waals surface area contributed by atoms with Gasteiger partial charge < -0.3 is 5.32 Å². The van der Waals surface area contributed by atoms with Gasteiger partial charge in [0, 0.05) is 19.1 Å². The normalized spacial score (nSPS) is 22.3. The molecule has 0 spiro atoms. The molecular weight excluding hydrogens is 346 g/mol. The van der Waals surface area contributed by atoms with Gasteiger partial charge in [-0.15, -0.1) is 0 Å². The van der Waals surface area contributed by atoms with Crippen LogP contribution in [0.15, 0.2) is 28.0 Å². The molecule has 0 amide bonds. The van der Waals surface area contributed by atoms with Gasteiger partial charge >= 0.3 is 0 Å². The fourth-order valence-corrected chi connectivity index (χ4v) is 4.89. The Morgan fingerprint density at radius 3 is 2.04 bits per heavy atom. The molecule has 1 aliphatic carbocycles. The van der Waals surface area contributed by atoms with Crippen LogP contribution in [0.25, 0.3) is 0 Å². The second-order valence-corrected chi connectivity index (χ2v) is 10.9. The molecule has 0 radical (unpaired) electrons. The number of benzene rings is 1. The van der Waals surface area contributed by atoms with Crippen LogP contribution in [0.3, 0.4) is 0 Å². The van der Waals surface area contributed by atoms with Crippen molar-refractivity contribution in [3.8, 4) is 0 Å². The third-order valence-corrected chi connectivity index (χ3v) is 7.15. The molecule has 0 aliphatic heterocycles. The Morgan fingerprint density at radius 1 is 0.958 bits per heavy atom. The summed E-state index contributed by atoms with van der Waals surface area (Å²) < 4.78 is 47.4. The van der Waals surface area contributed by atoms with Crippen molar-refractivity contribution in [2.45, 2.75) is 48.8 Å². The SMILES string of the molecule is CCC1CCC(CNc2ccc(S(C)(=O)=O)cc2S(C)(=O)=O)CC1. The number of nitrogens with one attached hydrogen (secondary N) is 1. The summed E-state index contributed by atoms with van der Waals surface area (Å²) in [6.45, 7) is 2.95. The van der Waals surface area contributed by atoms with E-state index in [0.717, 1.165) is 37.8 Å². The lowest BCUT2D eigenvalue weighted by Gasteiger charge is -2.28. The zero-order valence-corrected chi connectivity index (χ0v) is 16.2. The highest BCUT2D eigenvalue weighted by Gasteiger charge is 2.22. The Kier molecular flexibility index (Phi) is 5.96. The van der Waals surface area contributed by atoms with Crippen molar-refractivity contribution in [1.82, 2.24) is 0 Å². The standard InChI is InChI=1S/C17H27NO4S2/c1-4-13-5-7-14(8-6-13)12-18-16-10-9-15(23(2,19)20)11-17(16)24(3,21)22/h9-11,13-14,18H,4-8,12H2,1-3H3. The quantitative estimate of drug-likeness (QED) is 0.829. The molecule has 1 aliphatic rings. The van der Waals surface area contributed by atoms with E-state index in [9.17, 15) is 16.8 Å². The summed E-state index contributed by atoms with van der Waals surface area (Å²) in [5.41, 5.74) is 0.488. The van der Waals surface area contributed by atoms with Crippen LogP contribution in [0.4, 0.5) is 5.69 Å². The first-order chi connectivity index (χ1) is 11.1. The first-order valence-corrected chi connectivity index (χ1v) is 12.2. The Morgan fingerprint density at radius 2 is 1.54 bits per heavy atom. The highest BCUT2D eigenvalue weighted by Crippen LogP contribution is 2.31. The Balaban J connectivity index is 2.15. The third kappa shape index (κ3) is 4.96. The predicted octanol–water partition coefficient (Wildman–Crippen LogP) is 3.12. The van der Waals surface area contributed by atoms with Crippen molar-refractivity contribution >= 4 is 25.4 Å². The largest absolute Gasteiger partial charge is 0.384 e. The molecule has 0 heterocycles. The minimum atomic E-state index is -3.51. The molecule has 1 aromatic rings. The zero-order chi connectivity index (χ0) is 18.0. The summed E-state index contributed by atoms with van der Waals surface area (Å²) in [7, 11) is -6.95. The fraction of sp³-hybridized carbons (Fsp3) is 0.647. The first kappa shape index (κ1) is 19.2. The van der Waals surface area contributed by atoms with Crippen molar-refractivity contribution < 1.29 is 16.8 Å². The van der Waals surface area contributed by atoms with Crippen LogP contribution < -0.4 is 5.32 Å². The van der Waals surface area contributed by atoms with Crippen molar-refractivity contribution in [3.05, 3.63) is 18.2 Å². The van der Waals surface area contributed by atoms with Crippen LogP contribution in [0.5, 0.6) is 0 Å². The molecule has 5 nitrogen and oxygen atoms in total. The second kappa shape index (κ2) is 7.44. The molecular formula is C17H27NO4S2. The van der Waals surface area contributed by atoms with Gasteiger partial charge in [-0.3, -0.25) is 0 Å². The molecule has 136 valence electrons. The van der Waals surface area contributed by atoms with Crippen molar-refractivity contribution in [1.29, 1.82) is 0 Å². The maximum atomic E-state index is 12.0. The molecule has 0 bridgehead atoms. The maximum Gasteiger partial charge on any atom is 0.177 e. The van der Waals surface area contributed by atoms with E-state index in [1.807, 2.05) is 0 Å². The number of rotatable bonds is 6. The maximum absolute atomic E-state index is 12.0. The minimum absolute atomic E-state index is 0.0249. The predicted molar refractivity (Wildman–Crippen MR) is 96.9 cm³/mol. The average Bonchev–Trinajstić information content (AvgIpc) is 2.51. The zero-order valence-electron chi connectivity index (χ0n) is 14.6. The Bertz CT molecular complexity index is 777. The summed E-state index contributed by atoms with van der Waals surface area (Å²) in [5.74, 6) is 1.36. The lowest BCUT2D eigenvalue weighted by Crippen LogP contribution is -2.21. The molecule has 0 atom stereocenters. The van der Waals surface area contributed by atoms with E-state index in [4.69, 9.17) is 0 Å². The van der Waals surface area contributed by atoms with Crippen LogP contribution in [0.1, 0.15) is 39.0 Å². The first-order valence-electron chi connectivity index (χ1n) is 8.39. The molecule has 1 N–H and O–H groups in total. The molecule has 0 saturated heterocycles. The summed E-state index contributed by atoms with van der Waals surface area (Å²) in [5, 5.41) is 3.23. The third-order valence-electron chi connectivity index (χ3n) is 4.91.